The summed E-state index contributed by atoms with van der Waals surface area (Å²) in [5.74, 6) is 1.21. The molecular weight excluding hydrogens is 456 g/mol. The first-order chi connectivity index (χ1) is 17.7. The predicted molar refractivity (Wildman–Crippen MR) is 136 cm³/mol. The molecule has 2 aliphatic heterocycles. The van der Waals surface area contributed by atoms with E-state index in [1.807, 2.05) is 18.5 Å². The number of aromatic nitrogens is 6. The highest BCUT2D eigenvalue weighted by molar-refractivity contribution is 5.87. The highest BCUT2D eigenvalue weighted by Gasteiger charge is 2.25. The standard InChI is InChI=1S/C26H28N8O2/c27-24-18(2-1-7-29-24)15-33-8-3-20(4-9-33)34-16-30-23-22(17-5-10-36-11-6-17)31-25(32-26(23)34)19-12-21(35)14-28-13-19/h1-2,5,7,12-14,16,20,35H,3-4,6,8-11,15H2,(H2,27,29). The lowest BCUT2D eigenvalue weighted by atomic mass is 10.0. The van der Waals surface area contributed by atoms with Crippen LogP contribution in [-0.4, -0.2) is 65.8 Å². The maximum atomic E-state index is 9.99. The van der Waals surface area contributed by atoms with Crippen LogP contribution in [0.1, 0.15) is 36.6 Å². The Morgan fingerprint density at radius 2 is 2.03 bits per heavy atom. The van der Waals surface area contributed by atoms with Crippen LogP contribution in [0.5, 0.6) is 5.75 Å². The van der Waals surface area contributed by atoms with Crippen molar-refractivity contribution in [3.8, 4) is 17.1 Å². The zero-order valence-electron chi connectivity index (χ0n) is 19.9. The van der Waals surface area contributed by atoms with E-state index in [1.165, 1.54) is 6.20 Å². The van der Waals surface area contributed by atoms with Crippen molar-refractivity contribution in [1.29, 1.82) is 0 Å². The molecule has 6 heterocycles. The van der Waals surface area contributed by atoms with E-state index in [0.717, 1.165) is 66.9 Å². The molecule has 4 aromatic rings. The van der Waals surface area contributed by atoms with Crippen molar-refractivity contribution in [1.82, 2.24) is 34.4 Å². The Balaban J connectivity index is 1.32. The van der Waals surface area contributed by atoms with E-state index in [2.05, 4.69) is 25.5 Å². The smallest absolute Gasteiger partial charge is 0.164 e. The molecule has 10 nitrogen and oxygen atoms in total. The average molecular weight is 485 g/mol. The molecule has 6 rings (SSSR count). The monoisotopic (exact) mass is 484 g/mol. The van der Waals surface area contributed by atoms with Gasteiger partial charge in [0, 0.05) is 49.2 Å². The maximum absolute atomic E-state index is 9.99. The number of hydrogen-bond acceptors (Lipinski definition) is 9. The average Bonchev–Trinajstić information content (AvgIpc) is 3.34. The molecule has 0 radical (unpaired) electrons. The fourth-order valence-corrected chi connectivity index (χ4v) is 5.01. The topological polar surface area (TPSA) is 128 Å². The summed E-state index contributed by atoms with van der Waals surface area (Å²) in [5.41, 5.74) is 11.3. The van der Waals surface area contributed by atoms with Crippen LogP contribution in [0.25, 0.3) is 28.1 Å². The Hall–Kier alpha value is -3.89. The summed E-state index contributed by atoms with van der Waals surface area (Å²) < 4.78 is 7.71. The van der Waals surface area contributed by atoms with Gasteiger partial charge in [-0.2, -0.15) is 0 Å². The first kappa shape index (κ1) is 22.6. The number of likely N-dealkylation sites (tertiary alicyclic amines) is 1. The van der Waals surface area contributed by atoms with Crippen LogP contribution in [0.3, 0.4) is 0 Å². The molecule has 4 aromatic heterocycles. The number of fused-ring (bicyclic) bond motifs is 1. The number of rotatable bonds is 5. The summed E-state index contributed by atoms with van der Waals surface area (Å²) in [6, 6.07) is 5.89. The van der Waals surface area contributed by atoms with Crippen molar-refractivity contribution >= 4 is 22.6 Å². The van der Waals surface area contributed by atoms with Crippen LogP contribution >= 0.6 is 0 Å². The Bertz CT molecular complexity index is 1420. The van der Waals surface area contributed by atoms with Crippen LogP contribution < -0.4 is 5.73 Å². The molecule has 2 aliphatic rings. The van der Waals surface area contributed by atoms with Gasteiger partial charge < -0.3 is 20.1 Å². The van der Waals surface area contributed by atoms with E-state index in [9.17, 15) is 5.11 Å². The molecule has 0 atom stereocenters. The molecule has 36 heavy (non-hydrogen) atoms. The minimum Gasteiger partial charge on any atom is -0.506 e. The molecule has 1 saturated heterocycles. The van der Waals surface area contributed by atoms with Crippen molar-refractivity contribution in [2.45, 2.75) is 31.8 Å². The highest BCUT2D eigenvalue weighted by atomic mass is 16.5. The van der Waals surface area contributed by atoms with E-state index in [4.69, 9.17) is 25.4 Å². The Kier molecular flexibility index (Phi) is 6.04. The fourth-order valence-electron chi connectivity index (χ4n) is 5.01. The number of ether oxygens (including phenoxy) is 1. The van der Waals surface area contributed by atoms with E-state index in [0.29, 0.717) is 30.4 Å². The zero-order chi connectivity index (χ0) is 24.5. The van der Waals surface area contributed by atoms with E-state index in [1.54, 1.807) is 18.5 Å². The van der Waals surface area contributed by atoms with Gasteiger partial charge in [-0.1, -0.05) is 12.1 Å². The van der Waals surface area contributed by atoms with Crippen LogP contribution in [0.2, 0.25) is 0 Å². The number of nitrogens with two attached hydrogens (primary N) is 1. The second kappa shape index (κ2) is 9.63. The quantitative estimate of drug-likeness (QED) is 0.439. The third-order valence-corrected chi connectivity index (χ3v) is 6.94. The first-order valence-electron chi connectivity index (χ1n) is 12.2. The van der Waals surface area contributed by atoms with Crippen molar-refractivity contribution < 1.29 is 9.84 Å². The van der Waals surface area contributed by atoms with Gasteiger partial charge in [0.2, 0.25) is 0 Å². The van der Waals surface area contributed by atoms with E-state index < -0.39 is 0 Å². The van der Waals surface area contributed by atoms with E-state index >= 15 is 0 Å². The molecule has 184 valence electrons. The van der Waals surface area contributed by atoms with Gasteiger partial charge in [-0.05, 0) is 37.0 Å². The fraction of sp³-hybridized carbons (Fsp3) is 0.346. The van der Waals surface area contributed by atoms with Crippen LogP contribution in [-0.2, 0) is 11.3 Å². The van der Waals surface area contributed by atoms with Crippen molar-refractivity contribution in [3.05, 3.63) is 60.5 Å². The molecule has 0 aromatic carbocycles. The van der Waals surface area contributed by atoms with Crippen molar-refractivity contribution in [2.75, 3.05) is 32.0 Å². The number of piperidine rings is 1. The predicted octanol–water partition coefficient (Wildman–Crippen LogP) is 3.21. The summed E-state index contributed by atoms with van der Waals surface area (Å²) >= 11 is 0. The first-order valence-corrected chi connectivity index (χ1v) is 12.2. The molecule has 10 heteroatoms. The lowest BCUT2D eigenvalue weighted by Gasteiger charge is -2.32. The van der Waals surface area contributed by atoms with Crippen LogP contribution in [0.4, 0.5) is 5.82 Å². The minimum atomic E-state index is 0.0816. The summed E-state index contributed by atoms with van der Waals surface area (Å²) in [4.78, 5) is 25.3. The third kappa shape index (κ3) is 4.40. The molecule has 0 bridgehead atoms. The molecule has 0 aliphatic carbocycles. The van der Waals surface area contributed by atoms with Gasteiger partial charge in [-0.25, -0.2) is 19.9 Å². The number of pyridine rings is 2. The van der Waals surface area contributed by atoms with Gasteiger partial charge in [0.05, 0.1) is 31.4 Å². The molecule has 0 amide bonds. The van der Waals surface area contributed by atoms with Gasteiger partial charge in [-0.3, -0.25) is 9.88 Å². The largest absolute Gasteiger partial charge is 0.506 e. The second-order valence-corrected chi connectivity index (χ2v) is 9.26. The van der Waals surface area contributed by atoms with Gasteiger partial charge in [0.15, 0.2) is 11.5 Å². The lowest BCUT2D eigenvalue weighted by molar-refractivity contribution is 0.161. The van der Waals surface area contributed by atoms with Crippen LogP contribution in [0, 0.1) is 0 Å². The number of nitrogens with zero attached hydrogens (tertiary/aromatic N) is 7. The molecular formula is C26H28N8O2. The van der Waals surface area contributed by atoms with Crippen molar-refractivity contribution in [2.24, 2.45) is 0 Å². The van der Waals surface area contributed by atoms with Gasteiger partial charge >= 0.3 is 0 Å². The molecule has 0 spiro atoms. The Morgan fingerprint density at radius 1 is 1.14 bits per heavy atom. The Morgan fingerprint density at radius 3 is 2.81 bits per heavy atom. The number of imidazole rings is 1. The summed E-state index contributed by atoms with van der Waals surface area (Å²) in [5, 5.41) is 9.99. The Labute approximate surface area is 208 Å². The summed E-state index contributed by atoms with van der Waals surface area (Å²) in [6.07, 6.45) is 11.5. The number of nitrogen functional groups attached to an aromatic ring is 1. The SMILES string of the molecule is Nc1ncccc1CN1CCC(n2cnc3c(C4=CCOCC4)nc(-c4cncc(O)c4)nc32)CC1. The second-order valence-electron chi connectivity index (χ2n) is 9.26. The molecule has 1 fully saturated rings. The number of hydrogen-bond donors (Lipinski definition) is 2. The summed E-state index contributed by atoms with van der Waals surface area (Å²) in [7, 11) is 0. The third-order valence-electron chi connectivity index (χ3n) is 6.94. The van der Waals surface area contributed by atoms with Crippen molar-refractivity contribution in [3.63, 3.8) is 0 Å². The molecule has 0 saturated carbocycles. The lowest BCUT2D eigenvalue weighted by Crippen LogP contribution is -2.34. The number of anilines is 1. The highest BCUT2D eigenvalue weighted by Crippen LogP contribution is 2.32. The minimum absolute atomic E-state index is 0.0816. The van der Waals surface area contributed by atoms with Gasteiger partial charge in [-0.15, -0.1) is 0 Å². The zero-order valence-corrected chi connectivity index (χ0v) is 19.9. The summed E-state index contributed by atoms with van der Waals surface area (Å²) in [6.45, 7) is 3.91. The number of aromatic hydroxyl groups is 1. The molecule has 0 unspecified atom stereocenters. The maximum Gasteiger partial charge on any atom is 0.164 e. The van der Waals surface area contributed by atoms with Gasteiger partial charge in [0.25, 0.3) is 0 Å². The van der Waals surface area contributed by atoms with E-state index in [-0.39, 0.29) is 11.8 Å². The van der Waals surface area contributed by atoms with Gasteiger partial charge in [0.1, 0.15) is 17.1 Å². The van der Waals surface area contributed by atoms with Crippen LogP contribution in [0.15, 0.2) is 49.2 Å². The normalized spacial score (nSPS) is 17.4. The molecule has 3 N–H and O–H groups in total.